The third-order valence-corrected chi connectivity index (χ3v) is 3.06. The van der Waals surface area contributed by atoms with Crippen LogP contribution in [0, 0.1) is 0 Å². The normalized spacial score (nSPS) is 12.0. The summed E-state index contributed by atoms with van der Waals surface area (Å²) in [6.45, 7) is 0. The van der Waals surface area contributed by atoms with Crippen molar-refractivity contribution in [2.45, 2.75) is 0 Å². The highest BCUT2D eigenvalue weighted by Crippen LogP contribution is 2.54. The molecule has 0 aromatic carbocycles. The second-order valence-electron chi connectivity index (χ2n) is 1.37. The van der Waals surface area contributed by atoms with E-state index in [-0.39, 0.29) is 5.48 Å². The van der Waals surface area contributed by atoms with Crippen LogP contribution in [-0.2, 0) is 9.13 Å². The first kappa shape index (κ1) is 13.5. The van der Waals surface area contributed by atoms with E-state index in [1.807, 2.05) is 0 Å². The quantitative estimate of drug-likeness (QED) is 0.406. The summed E-state index contributed by atoms with van der Waals surface area (Å²) in [5, 5.41) is -2.35. The van der Waals surface area contributed by atoms with Gasteiger partial charge in [0.05, 0.1) is 0 Å². The standard InChI is InChI=1S/CH4O7P2.H2O/c2-1(9(3,4)5)10(6,7)8;/h(H2,3,4,5)(H2,6,7,8);1H2. The van der Waals surface area contributed by atoms with Crippen LogP contribution in [0.25, 0.3) is 0 Å². The van der Waals surface area contributed by atoms with E-state index in [9.17, 15) is 13.9 Å². The van der Waals surface area contributed by atoms with Crippen LogP contribution in [-0.4, -0.2) is 30.3 Å². The molecule has 0 radical (unpaired) electrons. The molecule has 0 aromatic heterocycles. The molecule has 0 saturated heterocycles. The van der Waals surface area contributed by atoms with Crippen molar-refractivity contribution >= 4 is 20.5 Å². The summed E-state index contributed by atoms with van der Waals surface area (Å²) in [5.41, 5.74) is 0. The Morgan fingerprint density at radius 3 is 1.09 bits per heavy atom. The van der Waals surface area contributed by atoms with Gasteiger partial charge in [-0.25, -0.2) is 0 Å². The van der Waals surface area contributed by atoms with Crippen molar-refractivity contribution < 1.29 is 39.0 Å². The Hall–Kier alpha value is -0.0700. The molecule has 0 saturated carbocycles. The second kappa shape index (κ2) is 3.55. The van der Waals surface area contributed by atoms with Gasteiger partial charge in [0.15, 0.2) is 0 Å². The summed E-state index contributed by atoms with van der Waals surface area (Å²) >= 11 is 0. The monoisotopic (exact) mass is 208 g/mol. The van der Waals surface area contributed by atoms with E-state index in [0.29, 0.717) is 0 Å². The zero-order valence-corrected chi connectivity index (χ0v) is 6.70. The minimum atomic E-state index is -5.28. The predicted molar refractivity (Wildman–Crippen MR) is 33.1 cm³/mol. The van der Waals surface area contributed by atoms with Crippen LogP contribution < -0.4 is 0 Å². The van der Waals surface area contributed by atoms with E-state index in [2.05, 4.69) is 0 Å². The van der Waals surface area contributed by atoms with E-state index in [4.69, 9.17) is 19.6 Å². The minimum Gasteiger partial charge on any atom is -0.412 e. The summed E-state index contributed by atoms with van der Waals surface area (Å²) in [7, 11) is -10.6. The summed E-state index contributed by atoms with van der Waals surface area (Å²) in [6, 6.07) is 0. The molecule has 0 aromatic rings. The molecule has 10 heteroatoms. The summed E-state index contributed by atoms with van der Waals surface area (Å²) in [6.07, 6.45) is 0. The lowest BCUT2D eigenvalue weighted by molar-refractivity contribution is 0.255. The minimum absolute atomic E-state index is 0. The lowest BCUT2D eigenvalue weighted by atomic mass is 11.8. The zero-order valence-electron chi connectivity index (χ0n) is 4.91. The first-order chi connectivity index (χ1) is 4.15. The van der Waals surface area contributed by atoms with Gasteiger partial charge in [0.1, 0.15) is 0 Å². The summed E-state index contributed by atoms with van der Waals surface area (Å²) < 4.78 is 19.7. The van der Waals surface area contributed by atoms with Crippen molar-refractivity contribution in [3.63, 3.8) is 0 Å². The van der Waals surface area contributed by atoms with Gasteiger partial charge in [-0.1, -0.05) is 0 Å². The van der Waals surface area contributed by atoms with E-state index in [1.165, 1.54) is 0 Å². The highest BCUT2D eigenvalue weighted by atomic mass is 31.2. The van der Waals surface area contributed by atoms with Crippen molar-refractivity contribution in [2.24, 2.45) is 0 Å². The van der Waals surface area contributed by atoms with Gasteiger partial charge in [-0.05, 0) is 0 Å². The fourth-order valence-electron chi connectivity index (χ4n) is 0.170. The zero-order chi connectivity index (χ0) is 8.58. The maximum Gasteiger partial charge on any atom is 0.404 e. The molecular weight excluding hydrogens is 202 g/mol. The summed E-state index contributed by atoms with van der Waals surface area (Å²) in [5.74, 6) is 0. The van der Waals surface area contributed by atoms with Crippen molar-refractivity contribution in [1.82, 2.24) is 0 Å². The third kappa shape index (κ3) is 4.39. The van der Waals surface area contributed by atoms with Gasteiger partial charge in [0.25, 0.3) is 0 Å². The van der Waals surface area contributed by atoms with Crippen LogP contribution in [0.15, 0.2) is 0 Å². The van der Waals surface area contributed by atoms with Crippen molar-refractivity contribution in [2.75, 3.05) is 0 Å². The van der Waals surface area contributed by atoms with Gasteiger partial charge in [-0.3, -0.25) is 13.9 Å². The van der Waals surface area contributed by atoms with Gasteiger partial charge in [0.2, 0.25) is 0 Å². The lowest BCUT2D eigenvalue weighted by Crippen LogP contribution is -1.96. The largest absolute Gasteiger partial charge is 0.412 e. The molecule has 11 heavy (non-hydrogen) atoms. The molecule has 0 rings (SSSR count). The Labute approximate surface area is 60.5 Å². The molecule has 0 aliphatic rings. The Balaban J connectivity index is 0. The maximum absolute atomic E-state index is 9.96. The van der Waals surface area contributed by atoms with Gasteiger partial charge < -0.3 is 25.0 Å². The smallest absolute Gasteiger partial charge is 0.404 e. The summed E-state index contributed by atoms with van der Waals surface area (Å²) in [4.78, 5) is 41.5. The fourth-order valence-corrected chi connectivity index (χ4v) is 1.53. The van der Waals surface area contributed by atoms with Gasteiger partial charge in [-0.15, -0.1) is 0 Å². The Morgan fingerprint density at radius 2 is 1.09 bits per heavy atom. The van der Waals surface area contributed by atoms with Crippen LogP contribution in [0.1, 0.15) is 0 Å². The molecule has 6 N–H and O–H groups in total. The van der Waals surface area contributed by atoms with Gasteiger partial charge >= 0.3 is 20.5 Å². The Bertz CT molecular complexity index is 204. The second-order valence-corrected chi connectivity index (χ2v) is 4.71. The van der Waals surface area contributed by atoms with Gasteiger partial charge in [0, 0.05) is 0 Å². The van der Waals surface area contributed by atoms with Crippen molar-refractivity contribution in [3.8, 4) is 0 Å². The van der Waals surface area contributed by atoms with Crippen LogP contribution >= 0.6 is 15.2 Å². The molecule has 0 fully saturated rings. The molecular formula is CH6O8P2. The van der Waals surface area contributed by atoms with Gasteiger partial charge in [-0.2, -0.15) is 0 Å². The van der Waals surface area contributed by atoms with Crippen molar-refractivity contribution in [1.29, 1.82) is 0 Å². The Kier molecular flexibility index (Phi) is 4.36. The topological polar surface area (TPSA) is 164 Å². The van der Waals surface area contributed by atoms with Crippen LogP contribution in [0.5, 0.6) is 0 Å². The fraction of sp³-hybridized carbons (Fsp3) is 0. The molecule has 0 bridgehead atoms. The molecule has 0 aliphatic heterocycles. The van der Waals surface area contributed by atoms with Crippen LogP contribution in [0.2, 0.25) is 0 Å². The lowest BCUT2D eigenvalue weighted by Gasteiger charge is -2.01. The first-order valence-electron chi connectivity index (χ1n) is 1.82. The number of carbonyl (C=O) groups is 1. The predicted octanol–water partition coefficient (Wildman–Crippen LogP) is -1.36. The molecule has 0 unspecified atom stereocenters. The molecule has 0 heterocycles. The first-order valence-corrected chi connectivity index (χ1v) is 5.04. The number of carbonyl (C=O) groups excluding carboxylic acids is 1. The average Bonchev–Trinajstić information content (AvgIpc) is 1.59. The molecule has 0 amide bonds. The maximum atomic E-state index is 9.96. The molecule has 8 nitrogen and oxygen atoms in total. The number of rotatable bonds is 2. The molecule has 0 spiro atoms. The van der Waals surface area contributed by atoms with Crippen LogP contribution in [0.3, 0.4) is 0 Å². The third-order valence-electron chi connectivity index (χ3n) is 0.498. The SMILES string of the molecule is O.O=C(P(=O)(O)O)P(=O)(O)O. The van der Waals surface area contributed by atoms with E-state index in [0.717, 1.165) is 0 Å². The number of hydrogen-bond donors (Lipinski definition) is 4. The highest BCUT2D eigenvalue weighted by Gasteiger charge is 2.41. The molecule has 68 valence electrons. The number of hydrogen-bond acceptors (Lipinski definition) is 3. The van der Waals surface area contributed by atoms with E-state index < -0.39 is 20.5 Å². The van der Waals surface area contributed by atoms with Crippen LogP contribution in [0.4, 0.5) is 4.79 Å². The average molecular weight is 208 g/mol. The van der Waals surface area contributed by atoms with E-state index >= 15 is 0 Å². The van der Waals surface area contributed by atoms with E-state index in [1.54, 1.807) is 0 Å². The van der Waals surface area contributed by atoms with Crippen molar-refractivity contribution in [3.05, 3.63) is 0 Å². The molecule has 0 aliphatic carbocycles. The molecule has 0 atom stereocenters. The highest BCUT2D eigenvalue weighted by molar-refractivity contribution is 7.96. The Morgan fingerprint density at radius 1 is 0.909 bits per heavy atom.